The van der Waals surface area contributed by atoms with Crippen molar-refractivity contribution in [2.24, 2.45) is 11.8 Å². The summed E-state index contributed by atoms with van der Waals surface area (Å²) in [6, 6.07) is 4.26. The number of hydrogen-bond donors (Lipinski definition) is 0. The highest BCUT2D eigenvalue weighted by Crippen LogP contribution is 2.24. The minimum atomic E-state index is -0.0591. The maximum Gasteiger partial charge on any atom is 0.310 e. The lowest BCUT2D eigenvalue weighted by Crippen LogP contribution is -2.26. The summed E-state index contributed by atoms with van der Waals surface area (Å²) in [5.74, 6) is 0.408. The lowest BCUT2D eigenvalue weighted by atomic mass is 9.99. The van der Waals surface area contributed by atoms with Crippen molar-refractivity contribution < 1.29 is 9.53 Å². The van der Waals surface area contributed by atoms with Crippen molar-refractivity contribution in [1.29, 1.82) is 0 Å². The standard InChI is InChI=1S/C13H19NO2S/c1-10-8-14(9-12(10)13(15)16-2)6-5-11-4-3-7-17-11/h3-4,7,10,12H,5-6,8-9H2,1-2H3. The van der Waals surface area contributed by atoms with Crippen molar-refractivity contribution in [3.63, 3.8) is 0 Å². The van der Waals surface area contributed by atoms with Gasteiger partial charge < -0.3 is 9.64 Å². The van der Waals surface area contributed by atoms with E-state index in [2.05, 4.69) is 29.3 Å². The van der Waals surface area contributed by atoms with E-state index >= 15 is 0 Å². The predicted octanol–water partition coefficient (Wildman–Crippen LogP) is 2.03. The van der Waals surface area contributed by atoms with Crippen molar-refractivity contribution in [1.82, 2.24) is 4.90 Å². The Morgan fingerprint density at radius 1 is 1.59 bits per heavy atom. The van der Waals surface area contributed by atoms with Gasteiger partial charge in [0.1, 0.15) is 0 Å². The summed E-state index contributed by atoms with van der Waals surface area (Å²) in [6.07, 6.45) is 1.08. The van der Waals surface area contributed by atoms with Crippen LogP contribution in [-0.4, -0.2) is 37.6 Å². The third kappa shape index (κ3) is 3.07. The van der Waals surface area contributed by atoms with E-state index in [0.717, 1.165) is 26.1 Å². The highest BCUT2D eigenvalue weighted by atomic mass is 32.1. The Kier molecular flexibility index (Phi) is 4.18. The smallest absolute Gasteiger partial charge is 0.310 e. The van der Waals surface area contributed by atoms with E-state index in [1.807, 2.05) is 0 Å². The van der Waals surface area contributed by atoms with Crippen molar-refractivity contribution in [2.45, 2.75) is 13.3 Å². The van der Waals surface area contributed by atoms with Crippen LogP contribution in [-0.2, 0) is 16.0 Å². The molecule has 2 unspecified atom stereocenters. The van der Waals surface area contributed by atoms with Crippen molar-refractivity contribution >= 4 is 17.3 Å². The van der Waals surface area contributed by atoms with Gasteiger partial charge in [-0.1, -0.05) is 13.0 Å². The molecule has 0 radical (unpaired) electrons. The van der Waals surface area contributed by atoms with E-state index in [4.69, 9.17) is 4.74 Å². The molecule has 17 heavy (non-hydrogen) atoms. The monoisotopic (exact) mass is 253 g/mol. The van der Waals surface area contributed by atoms with Gasteiger partial charge in [-0.3, -0.25) is 4.79 Å². The third-order valence-corrected chi connectivity index (χ3v) is 4.38. The summed E-state index contributed by atoms with van der Waals surface area (Å²) in [5, 5.41) is 2.11. The molecule has 1 saturated heterocycles. The number of hydrogen-bond acceptors (Lipinski definition) is 4. The van der Waals surface area contributed by atoms with Gasteiger partial charge in [-0.25, -0.2) is 0 Å². The van der Waals surface area contributed by atoms with Crippen molar-refractivity contribution in [3.8, 4) is 0 Å². The molecular weight excluding hydrogens is 234 g/mol. The van der Waals surface area contributed by atoms with Crippen LogP contribution in [0.15, 0.2) is 17.5 Å². The van der Waals surface area contributed by atoms with Crippen LogP contribution in [0.5, 0.6) is 0 Å². The normalized spacial score (nSPS) is 25.1. The van der Waals surface area contributed by atoms with Gasteiger partial charge in [0.25, 0.3) is 0 Å². The molecule has 4 heteroatoms. The van der Waals surface area contributed by atoms with Gasteiger partial charge >= 0.3 is 5.97 Å². The number of nitrogens with zero attached hydrogens (tertiary/aromatic N) is 1. The number of likely N-dealkylation sites (tertiary alicyclic amines) is 1. The van der Waals surface area contributed by atoms with Crippen molar-refractivity contribution in [3.05, 3.63) is 22.4 Å². The van der Waals surface area contributed by atoms with Crippen LogP contribution in [0.2, 0.25) is 0 Å². The largest absolute Gasteiger partial charge is 0.469 e. The summed E-state index contributed by atoms with van der Waals surface area (Å²) in [4.78, 5) is 15.3. The summed E-state index contributed by atoms with van der Waals surface area (Å²) in [5.41, 5.74) is 0. The second kappa shape index (κ2) is 5.65. The molecule has 2 rings (SSSR count). The molecule has 94 valence electrons. The Bertz CT molecular complexity index is 364. The lowest BCUT2D eigenvalue weighted by Gasteiger charge is -2.14. The number of methoxy groups -OCH3 is 1. The summed E-state index contributed by atoms with van der Waals surface area (Å²) < 4.78 is 4.84. The van der Waals surface area contributed by atoms with Crippen LogP contribution in [0.1, 0.15) is 11.8 Å². The molecule has 0 saturated carbocycles. The SMILES string of the molecule is COC(=O)C1CN(CCc2cccs2)CC1C. The zero-order valence-corrected chi connectivity index (χ0v) is 11.2. The number of ether oxygens (including phenoxy) is 1. The van der Waals surface area contributed by atoms with Gasteiger partial charge in [0, 0.05) is 24.5 Å². The first-order chi connectivity index (χ1) is 8.20. The topological polar surface area (TPSA) is 29.5 Å². The Morgan fingerprint density at radius 3 is 3.06 bits per heavy atom. The zero-order chi connectivity index (χ0) is 12.3. The first kappa shape index (κ1) is 12.6. The van der Waals surface area contributed by atoms with Crippen LogP contribution >= 0.6 is 11.3 Å². The first-order valence-electron chi connectivity index (χ1n) is 6.03. The van der Waals surface area contributed by atoms with Gasteiger partial charge in [0.15, 0.2) is 0 Å². The number of carbonyl (C=O) groups is 1. The maximum absolute atomic E-state index is 11.6. The third-order valence-electron chi connectivity index (χ3n) is 3.45. The quantitative estimate of drug-likeness (QED) is 0.769. The Labute approximate surface area is 106 Å². The van der Waals surface area contributed by atoms with Crippen LogP contribution in [0.3, 0.4) is 0 Å². The molecular formula is C13H19NO2S. The summed E-state index contributed by atoms with van der Waals surface area (Å²) >= 11 is 1.80. The van der Waals surface area contributed by atoms with Gasteiger partial charge in [-0.15, -0.1) is 11.3 Å². The second-order valence-electron chi connectivity index (χ2n) is 4.70. The highest BCUT2D eigenvalue weighted by molar-refractivity contribution is 7.09. The summed E-state index contributed by atoms with van der Waals surface area (Å²) in [7, 11) is 1.48. The molecule has 0 aromatic carbocycles. The minimum absolute atomic E-state index is 0.0586. The van der Waals surface area contributed by atoms with E-state index in [-0.39, 0.29) is 11.9 Å². The number of carbonyl (C=O) groups excluding carboxylic acids is 1. The molecule has 0 aliphatic carbocycles. The molecule has 0 spiro atoms. The molecule has 2 heterocycles. The van der Waals surface area contributed by atoms with E-state index in [1.165, 1.54) is 12.0 Å². The molecule has 1 fully saturated rings. The Morgan fingerprint density at radius 2 is 2.41 bits per heavy atom. The van der Waals surface area contributed by atoms with Crippen molar-refractivity contribution in [2.75, 3.05) is 26.7 Å². The van der Waals surface area contributed by atoms with E-state index in [1.54, 1.807) is 11.3 Å². The average molecular weight is 253 g/mol. The minimum Gasteiger partial charge on any atom is -0.469 e. The van der Waals surface area contributed by atoms with E-state index in [0.29, 0.717) is 5.92 Å². The summed E-state index contributed by atoms with van der Waals surface area (Å²) in [6.45, 7) is 5.02. The first-order valence-corrected chi connectivity index (χ1v) is 6.91. The molecule has 1 aliphatic rings. The molecule has 0 N–H and O–H groups in total. The van der Waals surface area contributed by atoms with Crippen LogP contribution in [0.4, 0.5) is 0 Å². The molecule has 1 aromatic heterocycles. The molecule has 1 aliphatic heterocycles. The molecule has 1 aromatic rings. The fourth-order valence-electron chi connectivity index (χ4n) is 2.43. The van der Waals surface area contributed by atoms with Gasteiger partial charge in [-0.05, 0) is 23.8 Å². The van der Waals surface area contributed by atoms with Gasteiger partial charge in [0.2, 0.25) is 0 Å². The number of thiophene rings is 1. The second-order valence-corrected chi connectivity index (χ2v) is 5.73. The number of esters is 1. The fourth-order valence-corrected chi connectivity index (χ4v) is 3.13. The lowest BCUT2D eigenvalue weighted by molar-refractivity contribution is -0.146. The molecule has 0 bridgehead atoms. The molecule has 3 nitrogen and oxygen atoms in total. The fraction of sp³-hybridized carbons (Fsp3) is 0.615. The molecule has 0 amide bonds. The zero-order valence-electron chi connectivity index (χ0n) is 10.4. The average Bonchev–Trinajstić information content (AvgIpc) is 2.94. The van der Waals surface area contributed by atoms with Crippen LogP contribution < -0.4 is 0 Å². The van der Waals surface area contributed by atoms with Crippen LogP contribution in [0, 0.1) is 11.8 Å². The van der Waals surface area contributed by atoms with Gasteiger partial charge in [0.05, 0.1) is 13.0 Å². The number of rotatable bonds is 4. The van der Waals surface area contributed by atoms with Gasteiger partial charge in [-0.2, -0.15) is 0 Å². The Balaban J connectivity index is 1.82. The highest BCUT2D eigenvalue weighted by Gasteiger charge is 2.35. The van der Waals surface area contributed by atoms with E-state index in [9.17, 15) is 4.79 Å². The Hall–Kier alpha value is -0.870. The van der Waals surface area contributed by atoms with E-state index < -0.39 is 0 Å². The maximum atomic E-state index is 11.6. The van der Waals surface area contributed by atoms with Crippen LogP contribution in [0.25, 0.3) is 0 Å². The predicted molar refractivity (Wildman–Crippen MR) is 69.1 cm³/mol. The molecule has 2 atom stereocenters.